The van der Waals surface area contributed by atoms with Crippen LogP contribution < -0.4 is 5.43 Å². The van der Waals surface area contributed by atoms with Gasteiger partial charge in [-0.05, 0) is 5.92 Å². The Bertz CT molecular complexity index is 491. The molecule has 0 aliphatic carbocycles. The fourth-order valence-corrected chi connectivity index (χ4v) is 2.24. The second-order valence-electron chi connectivity index (χ2n) is 5.82. The standard InChI is InChI=1S/C16H28N2O4/c1-13(2)10-18-12-16(20)15(19)9-14(18)11-17(5-7-21-3)6-8-22-4/h9,12-13,20H,5-8,10-11H2,1-4H3. The largest absolute Gasteiger partial charge is 0.503 e. The summed E-state index contributed by atoms with van der Waals surface area (Å²) >= 11 is 0. The summed E-state index contributed by atoms with van der Waals surface area (Å²) in [6, 6.07) is 1.52. The second kappa shape index (κ2) is 9.61. The van der Waals surface area contributed by atoms with Crippen molar-refractivity contribution in [1.82, 2.24) is 9.47 Å². The van der Waals surface area contributed by atoms with E-state index in [2.05, 4.69) is 18.7 Å². The first-order valence-electron chi connectivity index (χ1n) is 7.60. The van der Waals surface area contributed by atoms with Crippen LogP contribution in [0.3, 0.4) is 0 Å². The number of methoxy groups -OCH3 is 2. The number of hydrogen-bond acceptors (Lipinski definition) is 5. The molecule has 0 unspecified atom stereocenters. The summed E-state index contributed by atoms with van der Waals surface area (Å²) in [5, 5.41) is 9.67. The minimum Gasteiger partial charge on any atom is -0.503 e. The second-order valence-corrected chi connectivity index (χ2v) is 5.82. The normalized spacial score (nSPS) is 11.5. The van der Waals surface area contributed by atoms with Crippen LogP contribution in [-0.2, 0) is 22.6 Å². The van der Waals surface area contributed by atoms with Gasteiger partial charge in [-0.15, -0.1) is 0 Å². The van der Waals surface area contributed by atoms with Crippen LogP contribution in [0.4, 0.5) is 0 Å². The van der Waals surface area contributed by atoms with Crippen molar-refractivity contribution in [3.63, 3.8) is 0 Å². The summed E-state index contributed by atoms with van der Waals surface area (Å²) in [7, 11) is 3.34. The molecule has 0 bridgehead atoms. The fourth-order valence-electron chi connectivity index (χ4n) is 2.24. The molecule has 1 N–H and O–H groups in total. The number of aromatic hydroxyl groups is 1. The first-order valence-corrected chi connectivity index (χ1v) is 7.60. The van der Waals surface area contributed by atoms with E-state index in [1.807, 2.05) is 4.57 Å². The number of ether oxygens (including phenoxy) is 2. The van der Waals surface area contributed by atoms with E-state index in [4.69, 9.17) is 9.47 Å². The Labute approximate surface area is 132 Å². The number of hydrogen-bond donors (Lipinski definition) is 1. The molecular weight excluding hydrogens is 284 g/mol. The van der Waals surface area contributed by atoms with Crippen molar-refractivity contribution in [1.29, 1.82) is 0 Å². The van der Waals surface area contributed by atoms with E-state index in [1.165, 1.54) is 12.3 Å². The Balaban J connectivity index is 2.94. The number of nitrogens with zero attached hydrogens (tertiary/aromatic N) is 2. The molecule has 0 fully saturated rings. The van der Waals surface area contributed by atoms with Crippen LogP contribution in [-0.4, -0.2) is 55.1 Å². The highest BCUT2D eigenvalue weighted by molar-refractivity contribution is 5.20. The van der Waals surface area contributed by atoms with Crippen LogP contribution in [0.1, 0.15) is 19.5 Å². The van der Waals surface area contributed by atoms with Crippen molar-refractivity contribution in [2.75, 3.05) is 40.5 Å². The summed E-state index contributed by atoms with van der Waals surface area (Å²) in [6.45, 7) is 8.35. The Morgan fingerprint density at radius 3 is 2.32 bits per heavy atom. The van der Waals surface area contributed by atoms with Crippen molar-refractivity contribution >= 4 is 0 Å². The maximum Gasteiger partial charge on any atom is 0.223 e. The molecule has 1 rings (SSSR count). The highest BCUT2D eigenvalue weighted by Crippen LogP contribution is 2.11. The third kappa shape index (κ3) is 6.17. The van der Waals surface area contributed by atoms with Crippen molar-refractivity contribution in [2.45, 2.75) is 26.9 Å². The van der Waals surface area contributed by atoms with Crippen molar-refractivity contribution in [3.8, 4) is 5.75 Å². The SMILES string of the molecule is COCCN(CCOC)Cc1cc(=O)c(O)cn1CC(C)C. The van der Waals surface area contributed by atoms with Crippen LogP contribution in [0.5, 0.6) is 5.75 Å². The first-order chi connectivity index (χ1) is 10.5. The van der Waals surface area contributed by atoms with E-state index in [-0.39, 0.29) is 11.2 Å². The van der Waals surface area contributed by atoms with Gasteiger partial charge in [-0.1, -0.05) is 13.8 Å². The Kier molecular flexibility index (Phi) is 8.16. The Morgan fingerprint density at radius 1 is 1.23 bits per heavy atom. The van der Waals surface area contributed by atoms with Crippen molar-refractivity contribution in [3.05, 3.63) is 28.2 Å². The number of pyridine rings is 1. The molecule has 6 heteroatoms. The highest BCUT2D eigenvalue weighted by atomic mass is 16.5. The van der Waals surface area contributed by atoms with E-state index in [0.717, 1.165) is 25.3 Å². The topological polar surface area (TPSA) is 63.9 Å². The Hall–Kier alpha value is -1.37. The van der Waals surface area contributed by atoms with Gasteiger partial charge in [0.05, 0.1) is 19.4 Å². The molecule has 1 heterocycles. The summed E-state index contributed by atoms with van der Waals surface area (Å²) < 4.78 is 12.2. The molecule has 0 saturated carbocycles. The molecule has 0 aliphatic rings. The minimum atomic E-state index is -0.339. The zero-order valence-corrected chi connectivity index (χ0v) is 14.0. The third-order valence-corrected chi connectivity index (χ3v) is 3.37. The number of aromatic nitrogens is 1. The molecule has 0 amide bonds. The average molecular weight is 312 g/mol. The summed E-state index contributed by atoms with van der Waals surface area (Å²) in [4.78, 5) is 13.9. The lowest BCUT2D eigenvalue weighted by Gasteiger charge is -2.24. The van der Waals surface area contributed by atoms with Gasteiger partial charge in [0.1, 0.15) is 0 Å². The monoisotopic (exact) mass is 312 g/mol. The molecule has 6 nitrogen and oxygen atoms in total. The van der Waals surface area contributed by atoms with Gasteiger partial charge >= 0.3 is 0 Å². The maximum absolute atomic E-state index is 11.8. The molecule has 0 radical (unpaired) electrons. The number of rotatable bonds is 10. The lowest BCUT2D eigenvalue weighted by Crippen LogP contribution is -2.32. The van der Waals surface area contributed by atoms with E-state index >= 15 is 0 Å². The lowest BCUT2D eigenvalue weighted by molar-refractivity contribution is 0.108. The smallest absolute Gasteiger partial charge is 0.223 e. The zero-order chi connectivity index (χ0) is 16.5. The molecule has 126 valence electrons. The van der Waals surface area contributed by atoms with Gasteiger partial charge in [-0.2, -0.15) is 0 Å². The zero-order valence-electron chi connectivity index (χ0n) is 14.0. The van der Waals surface area contributed by atoms with E-state index < -0.39 is 0 Å². The van der Waals surface area contributed by atoms with Crippen LogP contribution in [0.25, 0.3) is 0 Å². The molecular formula is C16H28N2O4. The maximum atomic E-state index is 11.8. The third-order valence-electron chi connectivity index (χ3n) is 3.37. The molecule has 0 saturated heterocycles. The molecule has 0 aliphatic heterocycles. The minimum absolute atomic E-state index is 0.204. The predicted molar refractivity (Wildman–Crippen MR) is 86.2 cm³/mol. The summed E-state index contributed by atoms with van der Waals surface area (Å²) in [5.41, 5.74) is 0.553. The van der Waals surface area contributed by atoms with Gasteiger partial charge < -0.3 is 19.1 Å². The van der Waals surface area contributed by atoms with Crippen molar-refractivity contribution < 1.29 is 14.6 Å². The van der Waals surface area contributed by atoms with Crippen LogP contribution in [0.15, 0.2) is 17.1 Å². The molecule has 1 aromatic heterocycles. The van der Waals surface area contributed by atoms with E-state index in [0.29, 0.717) is 25.7 Å². The fraction of sp³-hybridized carbons (Fsp3) is 0.688. The summed E-state index contributed by atoms with van der Waals surface area (Å²) in [5.74, 6) is 0.219. The van der Waals surface area contributed by atoms with Gasteiger partial charge in [0.15, 0.2) is 5.75 Å². The van der Waals surface area contributed by atoms with Gasteiger partial charge in [0.2, 0.25) is 5.43 Å². The molecule has 1 aromatic rings. The van der Waals surface area contributed by atoms with Crippen LogP contribution in [0.2, 0.25) is 0 Å². The van der Waals surface area contributed by atoms with Crippen LogP contribution in [0, 0.1) is 5.92 Å². The van der Waals surface area contributed by atoms with Crippen LogP contribution >= 0.6 is 0 Å². The predicted octanol–water partition coefficient (Wildman–Crippen LogP) is 1.30. The lowest BCUT2D eigenvalue weighted by atomic mass is 10.2. The molecule has 22 heavy (non-hydrogen) atoms. The first kappa shape index (κ1) is 18.7. The van der Waals surface area contributed by atoms with Gasteiger partial charge in [0, 0.05) is 52.2 Å². The molecule has 0 atom stereocenters. The van der Waals surface area contributed by atoms with E-state index in [1.54, 1.807) is 14.2 Å². The summed E-state index contributed by atoms with van der Waals surface area (Å²) in [6.07, 6.45) is 1.53. The van der Waals surface area contributed by atoms with E-state index in [9.17, 15) is 9.90 Å². The van der Waals surface area contributed by atoms with Crippen molar-refractivity contribution in [2.24, 2.45) is 5.92 Å². The average Bonchev–Trinajstić information content (AvgIpc) is 2.46. The quantitative estimate of drug-likeness (QED) is 0.705. The highest BCUT2D eigenvalue weighted by Gasteiger charge is 2.12. The van der Waals surface area contributed by atoms with Gasteiger partial charge in [0.25, 0.3) is 0 Å². The molecule has 0 aromatic carbocycles. The Morgan fingerprint density at radius 2 is 1.82 bits per heavy atom. The van der Waals surface area contributed by atoms with Gasteiger partial charge in [-0.3, -0.25) is 9.69 Å². The molecule has 0 spiro atoms. The van der Waals surface area contributed by atoms with Gasteiger partial charge in [-0.25, -0.2) is 0 Å².